The van der Waals surface area contributed by atoms with Gasteiger partial charge in [-0.3, -0.25) is 9.69 Å². The van der Waals surface area contributed by atoms with Gasteiger partial charge in [0.1, 0.15) is 17.0 Å². The first kappa shape index (κ1) is 14.6. The van der Waals surface area contributed by atoms with Crippen LogP contribution in [-0.4, -0.2) is 22.0 Å². The van der Waals surface area contributed by atoms with Crippen molar-refractivity contribution >= 4 is 23.5 Å². The largest absolute Gasteiger partial charge is 0.361 e. The molecule has 1 unspecified atom stereocenters. The molecule has 2 heterocycles. The topological polar surface area (TPSA) is 75.4 Å². The lowest BCUT2D eigenvalue weighted by atomic mass is 9.92. The maximum absolute atomic E-state index is 12.7. The summed E-state index contributed by atoms with van der Waals surface area (Å²) in [4.78, 5) is 26.0. The number of halogens is 1. The van der Waals surface area contributed by atoms with E-state index < -0.39 is 11.6 Å². The number of hydrogen-bond donors (Lipinski definition) is 1. The minimum atomic E-state index is -1.11. The van der Waals surface area contributed by atoms with Crippen molar-refractivity contribution in [3.8, 4) is 0 Å². The van der Waals surface area contributed by atoms with E-state index in [2.05, 4.69) is 10.5 Å². The number of nitrogens with one attached hydrogen (secondary N) is 1. The Bertz CT molecular complexity index is 741. The highest BCUT2D eigenvalue weighted by Gasteiger charge is 2.49. The van der Waals surface area contributed by atoms with Crippen LogP contribution in [0, 0.1) is 6.92 Å². The Morgan fingerprint density at radius 3 is 2.59 bits per heavy atom. The van der Waals surface area contributed by atoms with Crippen molar-refractivity contribution in [2.75, 3.05) is 0 Å². The van der Waals surface area contributed by atoms with Crippen LogP contribution in [0.3, 0.4) is 0 Å². The normalized spacial score (nSPS) is 21.3. The van der Waals surface area contributed by atoms with Gasteiger partial charge in [0.15, 0.2) is 0 Å². The van der Waals surface area contributed by atoms with Crippen LogP contribution < -0.4 is 5.32 Å². The van der Waals surface area contributed by atoms with Gasteiger partial charge in [-0.2, -0.15) is 0 Å². The Kier molecular flexibility index (Phi) is 3.41. The van der Waals surface area contributed by atoms with Gasteiger partial charge < -0.3 is 9.84 Å². The highest BCUT2D eigenvalue weighted by Crippen LogP contribution is 2.30. The molecule has 6 nitrogen and oxygen atoms in total. The van der Waals surface area contributed by atoms with Crippen molar-refractivity contribution in [1.29, 1.82) is 0 Å². The fraction of sp³-hybridized carbons (Fsp3) is 0.267. The molecule has 1 N–H and O–H groups in total. The Balaban J connectivity index is 1.88. The average molecular weight is 320 g/mol. The molecular weight excluding hydrogens is 306 g/mol. The SMILES string of the molecule is Cc1cc(CN2C(=O)NC(C)(c3ccc(Cl)cc3)C2=O)no1. The summed E-state index contributed by atoms with van der Waals surface area (Å²) in [5, 5.41) is 7.11. The minimum Gasteiger partial charge on any atom is -0.361 e. The van der Waals surface area contributed by atoms with E-state index in [1.165, 1.54) is 0 Å². The molecule has 1 fully saturated rings. The first-order valence-electron chi connectivity index (χ1n) is 6.72. The predicted octanol–water partition coefficient (Wildman–Crippen LogP) is 2.60. The summed E-state index contributed by atoms with van der Waals surface area (Å²) in [5.74, 6) is 0.294. The van der Waals surface area contributed by atoms with Crippen LogP contribution in [0.1, 0.15) is 23.9 Å². The number of aromatic nitrogens is 1. The number of aryl methyl sites for hydroxylation is 1. The molecule has 1 aromatic heterocycles. The molecule has 1 aliphatic rings. The first-order chi connectivity index (χ1) is 10.4. The van der Waals surface area contributed by atoms with Gasteiger partial charge in [-0.1, -0.05) is 28.9 Å². The third-order valence-corrected chi connectivity index (χ3v) is 3.95. The number of carbonyl (C=O) groups is 2. The lowest BCUT2D eigenvalue weighted by molar-refractivity contribution is -0.131. The molecule has 3 rings (SSSR count). The third-order valence-electron chi connectivity index (χ3n) is 3.69. The van der Waals surface area contributed by atoms with Gasteiger partial charge in [-0.25, -0.2) is 4.79 Å². The lowest BCUT2D eigenvalue weighted by Gasteiger charge is -2.22. The van der Waals surface area contributed by atoms with Crippen LogP contribution in [0.5, 0.6) is 0 Å². The molecule has 1 saturated heterocycles. The van der Waals surface area contributed by atoms with E-state index in [9.17, 15) is 9.59 Å². The zero-order valence-electron chi connectivity index (χ0n) is 12.1. The van der Waals surface area contributed by atoms with Gasteiger partial charge in [0, 0.05) is 11.1 Å². The highest BCUT2D eigenvalue weighted by atomic mass is 35.5. The van der Waals surface area contributed by atoms with Crippen molar-refractivity contribution in [2.45, 2.75) is 25.9 Å². The second-order valence-electron chi connectivity index (χ2n) is 5.38. The number of amides is 3. The van der Waals surface area contributed by atoms with Crippen LogP contribution in [0.15, 0.2) is 34.9 Å². The van der Waals surface area contributed by atoms with Crippen LogP contribution in [-0.2, 0) is 16.9 Å². The lowest BCUT2D eigenvalue weighted by Crippen LogP contribution is -2.40. The number of carbonyl (C=O) groups excluding carboxylic acids is 2. The molecular formula is C15H14ClN3O3. The zero-order chi connectivity index (χ0) is 15.9. The molecule has 0 saturated carbocycles. The second kappa shape index (κ2) is 5.14. The van der Waals surface area contributed by atoms with Crippen LogP contribution in [0.25, 0.3) is 0 Å². The summed E-state index contributed by atoms with van der Waals surface area (Å²) in [6, 6.07) is 8.06. The maximum Gasteiger partial charge on any atom is 0.325 e. The molecule has 22 heavy (non-hydrogen) atoms. The van der Waals surface area contributed by atoms with E-state index in [1.54, 1.807) is 44.2 Å². The molecule has 0 spiro atoms. The third kappa shape index (κ3) is 2.35. The Morgan fingerprint density at radius 1 is 1.32 bits per heavy atom. The maximum atomic E-state index is 12.7. The van der Waals surface area contributed by atoms with Crippen molar-refractivity contribution < 1.29 is 14.1 Å². The van der Waals surface area contributed by atoms with Crippen molar-refractivity contribution in [3.63, 3.8) is 0 Å². The highest BCUT2D eigenvalue weighted by molar-refractivity contribution is 6.30. The van der Waals surface area contributed by atoms with Gasteiger partial charge in [-0.05, 0) is 31.5 Å². The number of imide groups is 1. The van der Waals surface area contributed by atoms with Gasteiger partial charge in [-0.15, -0.1) is 0 Å². The van der Waals surface area contributed by atoms with Crippen LogP contribution in [0.2, 0.25) is 5.02 Å². The van der Waals surface area contributed by atoms with E-state index in [0.717, 1.165) is 4.90 Å². The molecule has 114 valence electrons. The van der Waals surface area contributed by atoms with E-state index >= 15 is 0 Å². The average Bonchev–Trinajstić information content (AvgIpc) is 2.97. The number of benzene rings is 1. The quantitative estimate of drug-likeness (QED) is 0.882. The molecule has 3 amide bonds. The summed E-state index contributed by atoms with van der Waals surface area (Å²) in [6.07, 6.45) is 0. The summed E-state index contributed by atoms with van der Waals surface area (Å²) in [6.45, 7) is 3.50. The molecule has 0 aliphatic carbocycles. The monoisotopic (exact) mass is 319 g/mol. The van der Waals surface area contributed by atoms with Gasteiger partial charge in [0.05, 0.1) is 6.54 Å². The summed E-state index contributed by atoms with van der Waals surface area (Å²) in [7, 11) is 0. The fourth-order valence-corrected chi connectivity index (χ4v) is 2.60. The number of hydrogen-bond acceptors (Lipinski definition) is 4. The van der Waals surface area contributed by atoms with Crippen molar-refractivity contribution in [2.24, 2.45) is 0 Å². The van der Waals surface area contributed by atoms with Gasteiger partial charge in [0.25, 0.3) is 5.91 Å². The Labute approximate surface area is 132 Å². The van der Waals surface area contributed by atoms with Crippen molar-refractivity contribution in [3.05, 3.63) is 52.4 Å². The van der Waals surface area contributed by atoms with Gasteiger partial charge >= 0.3 is 6.03 Å². The molecule has 7 heteroatoms. The molecule has 1 aromatic carbocycles. The van der Waals surface area contributed by atoms with Crippen LogP contribution in [0.4, 0.5) is 4.79 Å². The first-order valence-corrected chi connectivity index (χ1v) is 7.10. The van der Waals surface area contributed by atoms with Gasteiger partial charge in [0.2, 0.25) is 0 Å². The predicted molar refractivity (Wildman–Crippen MR) is 79.1 cm³/mol. The molecule has 2 aromatic rings. The summed E-state index contributed by atoms with van der Waals surface area (Å²) in [5.41, 5.74) is 0.0934. The molecule has 1 aliphatic heterocycles. The Hall–Kier alpha value is -2.34. The van der Waals surface area contributed by atoms with Crippen LogP contribution >= 0.6 is 11.6 Å². The summed E-state index contributed by atoms with van der Waals surface area (Å²) >= 11 is 5.87. The standard InChI is InChI=1S/C15H14ClN3O3/c1-9-7-12(18-22-9)8-19-13(20)15(2,17-14(19)21)10-3-5-11(16)6-4-10/h3-7H,8H2,1-2H3,(H,17,21). The Morgan fingerprint density at radius 2 is 2.00 bits per heavy atom. The molecule has 0 radical (unpaired) electrons. The molecule has 0 bridgehead atoms. The van der Waals surface area contributed by atoms with Crippen molar-refractivity contribution in [1.82, 2.24) is 15.4 Å². The number of nitrogens with zero attached hydrogens (tertiary/aromatic N) is 2. The zero-order valence-corrected chi connectivity index (χ0v) is 12.8. The fourth-order valence-electron chi connectivity index (χ4n) is 2.47. The van der Waals surface area contributed by atoms with E-state index in [0.29, 0.717) is 22.0 Å². The summed E-state index contributed by atoms with van der Waals surface area (Å²) < 4.78 is 4.96. The minimum absolute atomic E-state index is 0.0746. The van der Waals surface area contributed by atoms with E-state index in [-0.39, 0.29) is 12.5 Å². The number of urea groups is 1. The van der Waals surface area contributed by atoms with E-state index in [4.69, 9.17) is 16.1 Å². The smallest absolute Gasteiger partial charge is 0.325 e. The van der Waals surface area contributed by atoms with E-state index in [1.807, 2.05) is 0 Å². The molecule has 1 atom stereocenters. The second-order valence-corrected chi connectivity index (χ2v) is 5.82. The number of rotatable bonds is 3.